The first-order chi connectivity index (χ1) is 8.79. The van der Waals surface area contributed by atoms with Gasteiger partial charge in [0.15, 0.2) is 0 Å². The molecule has 4 nitrogen and oxygen atoms in total. The molecule has 1 heterocycles. The quantitative estimate of drug-likeness (QED) is 0.277. The zero-order valence-corrected chi connectivity index (χ0v) is 11.0. The fourth-order valence-electron chi connectivity index (χ4n) is 2.46. The average molecular weight is 246 g/mol. The minimum atomic E-state index is 0.409. The van der Waals surface area contributed by atoms with Gasteiger partial charge in [-0.3, -0.25) is 9.98 Å². The number of aryl methyl sites for hydroxylation is 1. The predicted molar refractivity (Wildman–Crippen MR) is 74.3 cm³/mol. The van der Waals surface area contributed by atoms with Gasteiger partial charge in [0.2, 0.25) is 0 Å². The van der Waals surface area contributed by atoms with E-state index in [0.717, 1.165) is 17.1 Å². The smallest absolute Gasteiger partial charge is 0.142 e. The second-order valence-corrected chi connectivity index (χ2v) is 4.95. The van der Waals surface area contributed by atoms with E-state index in [0.29, 0.717) is 6.04 Å². The predicted octanol–water partition coefficient (Wildman–Crippen LogP) is 2.32. The number of amidine groups is 1. The van der Waals surface area contributed by atoms with Gasteiger partial charge in [0.25, 0.3) is 0 Å². The molecule has 18 heavy (non-hydrogen) atoms. The van der Waals surface area contributed by atoms with Crippen molar-refractivity contribution in [3.05, 3.63) is 29.6 Å². The van der Waals surface area contributed by atoms with Gasteiger partial charge in [0.05, 0.1) is 6.04 Å². The number of hydrogen-bond acceptors (Lipinski definition) is 3. The molecule has 1 aromatic rings. The van der Waals surface area contributed by atoms with E-state index in [-0.39, 0.29) is 0 Å². The number of aliphatic imine (C=N–C) groups is 1. The summed E-state index contributed by atoms with van der Waals surface area (Å²) >= 11 is 0. The molecular formula is C14H22N4. The molecular weight excluding hydrogens is 224 g/mol. The highest BCUT2D eigenvalue weighted by Crippen LogP contribution is 2.20. The molecule has 2 rings (SSSR count). The van der Waals surface area contributed by atoms with E-state index < -0.39 is 0 Å². The van der Waals surface area contributed by atoms with Crippen molar-refractivity contribution < 1.29 is 0 Å². The number of nitrogens with one attached hydrogen (secondary N) is 1. The highest BCUT2D eigenvalue weighted by molar-refractivity contribution is 5.98. The van der Waals surface area contributed by atoms with Crippen LogP contribution in [0.4, 0.5) is 0 Å². The first kappa shape index (κ1) is 13.0. The second kappa shape index (κ2) is 6.50. The van der Waals surface area contributed by atoms with E-state index in [1.54, 1.807) is 6.20 Å². The lowest BCUT2D eigenvalue weighted by atomic mass is 10.1. The summed E-state index contributed by atoms with van der Waals surface area (Å²) in [6, 6.07) is 4.37. The topological polar surface area (TPSA) is 63.3 Å². The van der Waals surface area contributed by atoms with Gasteiger partial charge in [0, 0.05) is 17.5 Å². The highest BCUT2D eigenvalue weighted by Gasteiger charge is 2.12. The SMILES string of the molecule is Cc1cc(C(=NC2CCCCCC2)NN)ccn1. The number of nitrogens with two attached hydrogens (primary N) is 1. The highest BCUT2D eigenvalue weighted by atomic mass is 15.3. The lowest BCUT2D eigenvalue weighted by Gasteiger charge is -2.13. The number of rotatable bonds is 2. The Morgan fingerprint density at radius 2 is 2.06 bits per heavy atom. The van der Waals surface area contributed by atoms with Crippen LogP contribution in [0.3, 0.4) is 0 Å². The molecule has 0 saturated heterocycles. The van der Waals surface area contributed by atoms with Crippen LogP contribution in [0.15, 0.2) is 23.3 Å². The van der Waals surface area contributed by atoms with Crippen LogP contribution in [-0.4, -0.2) is 16.9 Å². The number of nitrogens with zero attached hydrogens (tertiary/aromatic N) is 2. The largest absolute Gasteiger partial charge is 0.308 e. The van der Waals surface area contributed by atoms with Crippen molar-refractivity contribution in [1.29, 1.82) is 0 Å². The Morgan fingerprint density at radius 1 is 1.33 bits per heavy atom. The molecule has 0 unspecified atom stereocenters. The van der Waals surface area contributed by atoms with Crippen molar-refractivity contribution in [2.24, 2.45) is 10.8 Å². The third-order valence-electron chi connectivity index (χ3n) is 3.44. The summed E-state index contributed by atoms with van der Waals surface area (Å²) in [5.74, 6) is 6.39. The Kier molecular flexibility index (Phi) is 4.70. The van der Waals surface area contributed by atoms with Crippen LogP contribution in [0.25, 0.3) is 0 Å². The maximum atomic E-state index is 5.61. The summed E-state index contributed by atoms with van der Waals surface area (Å²) < 4.78 is 0. The van der Waals surface area contributed by atoms with Gasteiger partial charge in [-0.2, -0.15) is 0 Å². The van der Waals surface area contributed by atoms with Crippen LogP contribution in [0.1, 0.15) is 49.8 Å². The summed E-state index contributed by atoms with van der Waals surface area (Å²) in [5, 5.41) is 0. The van der Waals surface area contributed by atoms with Crippen LogP contribution in [0.5, 0.6) is 0 Å². The molecule has 0 atom stereocenters. The van der Waals surface area contributed by atoms with Crippen molar-refractivity contribution in [2.75, 3.05) is 0 Å². The lowest BCUT2D eigenvalue weighted by molar-refractivity contribution is 0.583. The zero-order valence-electron chi connectivity index (χ0n) is 11.0. The molecule has 3 N–H and O–H groups in total. The summed E-state index contributed by atoms with van der Waals surface area (Å²) in [6.45, 7) is 1.98. The Bertz CT molecular complexity index is 406. The molecule has 1 saturated carbocycles. The first-order valence-corrected chi connectivity index (χ1v) is 6.77. The van der Waals surface area contributed by atoms with E-state index in [9.17, 15) is 0 Å². The Morgan fingerprint density at radius 3 is 2.67 bits per heavy atom. The van der Waals surface area contributed by atoms with E-state index in [2.05, 4.69) is 10.4 Å². The first-order valence-electron chi connectivity index (χ1n) is 6.77. The van der Waals surface area contributed by atoms with Crippen LogP contribution in [-0.2, 0) is 0 Å². The fraction of sp³-hybridized carbons (Fsp3) is 0.571. The normalized spacial score (nSPS) is 18.4. The molecule has 98 valence electrons. The van der Waals surface area contributed by atoms with Crippen LogP contribution < -0.4 is 11.3 Å². The molecule has 0 aromatic carbocycles. The molecule has 1 aliphatic carbocycles. The van der Waals surface area contributed by atoms with Crippen LogP contribution in [0.2, 0.25) is 0 Å². The summed E-state index contributed by atoms with van der Waals surface area (Å²) in [4.78, 5) is 8.97. The maximum Gasteiger partial charge on any atom is 0.142 e. The number of hydrogen-bond donors (Lipinski definition) is 2. The van der Waals surface area contributed by atoms with Gasteiger partial charge in [-0.1, -0.05) is 25.7 Å². The van der Waals surface area contributed by atoms with Crippen molar-refractivity contribution in [3.63, 3.8) is 0 Å². The number of hydrazine groups is 1. The summed E-state index contributed by atoms with van der Waals surface area (Å²) in [6.07, 6.45) is 9.38. The van der Waals surface area contributed by atoms with Gasteiger partial charge in [-0.05, 0) is 31.9 Å². The lowest BCUT2D eigenvalue weighted by Crippen LogP contribution is -2.32. The Hall–Kier alpha value is -1.42. The van der Waals surface area contributed by atoms with Crippen molar-refractivity contribution in [2.45, 2.75) is 51.5 Å². The molecule has 0 aliphatic heterocycles. The fourth-order valence-corrected chi connectivity index (χ4v) is 2.46. The Balaban J connectivity index is 2.16. The van der Waals surface area contributed by atoms with Gasteiger partial charge >= 0.3 is 0 Å². The maximum absolute atomic E-state index is 5.61. The van der Waals surface area contributed by atoms with E-state index in [1.807, 2.05) is 19.1 Å². The van der Waals surface area contributed by atoms with E-state index in [1.165, 1.54) is 38.5 Å². The molecule has 0 radical (unpaired) electrons. The van der Waals surface area contributed by atoms with Crippen LogP contribution in [0, 0.1) is 6.92 Å². The number of pyridine rings is 1. The average Bonchev–Trinajstić information content (AvgIpc) is 2.64. The van der Waals surface area contributed by atoms with Gasteiger partial charge < -0.3 is 5.43 Å². The Labute approximate surface area is 109 Å². The molecule has 1 aromatic heterocycles. The molecule has 0 spiro atoms. The van der Waals surface area contributed by atoms with Gasteiger partial charge in [0.1, 0.15) is 5.84 Å². The van der Waals surface area contributed by atoms with Crippen molar-refractivity contribution in [3.8, 4) is 0 Å². The molecule has 4 heteroatoms. The molecule has 0 amide bonds. The minimum Gasteiger partial charge on any atom is -0.308 e. The van der Waals surface area contributed by atoms with E-state index in [4.69, 9.17) is 10.8 Å². The summed E-state index contributed by atoms with van der Waals surface area (Å²) in [7, 11) is 0. The van der Waals surface area contributed by atoms with Gasteiger partial charge in [-0.15, -0.1) is 0 Å². The summed E-state index contributed by atoms with van der Waals surface area (Å²) in [5.41, 5.74) is 4.74. The molecule has 1 aliphatic rings. The molecule has 1 fully saturated rings. The van der Waals surface area contributed by atoms with Crippen molar-refractivity contribution in [1.82, 2.24) is 10.4 Å². The molecule has 0 bridgehead atoms. The zero-order chi connectivity index (χ0) is 12.8. The third-order valence-corrected chi connectivity index (χ3v) is 3.44. The van der Waals surface area contributed by atoms with Crippen molar-refractivity contribution >= 4 is 5.84 Å². The minimum absolute atomic E-state index is 0.409. The van der Waals surface area contributed by atoms with E-state index >= 15 is 0 Å². The van der Waals surface area contributed by atoms with Gasteiger partial charge in [-0.25, -0.2) is 5.84 Å². The number of aromatic nitrogens is 1. The standard InChI is InChI=1S/C14H22N4/c1-11-10-12(8-9-16-11)14(18-15)17-13-6-4-2-3-5-7-13/h8-10,13H,2-7,15H2,1H3,(H,17,18). The third kappa shape index (κ3) is 3.53. The van der Waals surface area contributed by atoms with Crippen LogP contribution >= 0.6 is 0 Å². The monoisotopic (exact) mass is 246 g/mol. The second-order valence-electron chi connectivity index (χ2n) is 4.95.